The maximum Gasteiger partial charge on any atom is 0.231 e. The van der Waals surface area contributed by atoms with Crippen LogP contribution in [0.3, 0.4) is 0 Å². The molecule has 2 aromatic rings. The molecule has 0 unspecified atom stereocenters. The summed E-state index contributed by atoms with van der Waals surface area (Å²) < 4.78 is 16.9. The predicted octanol–water partition coefficient (Wildman–Crippen LogP) is 4.57. The molecule has 2 aliphatic heterocycles. The van der Waals surface area contributed by atoms with Gasteiger partial charge in [-0.25, -0.2) is 0 Å². The van der Waals surface area contributed by atoms with Gasteiger partial charge in [0.25, 0.3) is 0 Å². The summed E-state index contributed by atoms with van der Waals surface area (Å²) in [6, 6.07) is 13.0. The Kier molecular flexibility index (Phi) is 6.15. The van der Waals surface area contributed by atoms with Crippen molar-refractivity contribution in [3.05, 3.63) is 59.4 Å². The van der Waals surface area contributed by atoms with Gasteiger partial charge in [0.15, 0.2) is 5.76 Å². The van der Waals surface area contributed by atoms with Gasteiger partial charge in [-0.1, -0.05) is 18.6 Å². The van der Waals surface area contributed by atoms with Gasteiger partial charge < -0.3 is 19.1 Å². The molecule has 2 aromatic carbocycles. The quantitative estimate of drug-likeness (QED) is 0.510. The minimum atomic E-state index is -0.112. The number of Topliss-reactive ketones (excluding diaryl/α,β-unsaturated/α-hetero) is 1. The lowest BCUT2D eigenvalue weighted by molar-refractivity contribution is 0.101. The molecular weight excluding hydrogens is 366 g/mol. The van der Waals surface area contributed by atoms with Gasteiger partial charge in [0, 0.05) is 12.6 Å². The molecule has 0 saturated carbocycles. The molecule has 0 aliphatic carbocycles. The molecule has 0 spiro atoms. The molecular formula is C24H27NO4. The second kappa shape index (κ2) is 9.14. The summed E-state index contributed by atoms with van der Waals surface area (Å²) in [6.07, 6.45) is 6.71. The molecule has 5 nitrogen and oxygen atoms in total. The van der Waals surface area contributed by atoms with Crippen LogP contribution >= 0.6 is 0 Å². The van der Waals surface area contributed by atoms with E-state index in [1.165, 1.54) is 32.4 Å². The van der Waals surface area contributed by atoms with E-state index in [0.717, 1.165) is 30.0 Å². The Morgan fingerprint density at radius 1 is 1.07 bits per heavy atom. The molecule has 0 N–H and O–H groups in total. The van der Waals surface area contributed by atoms with Crippen LogP contribution in [-0.2, 0) is 0 Å². The Hall–Kier alpha value is -2.79. The Labute approximate surface area is 171 Å². The molecule has 2 heterocycles. The van der Waals surface area contributed by atoms with Crippen LogP contribution in [0.5, 0.6) is 17.2 Å². The van der Waals surface area contributed by atoms with Crippen molar-refractivity contribution in [3.8, 4) is 17.2 Å². The minimum Gasteiger partial charge on any atom is -0.497 e. The molecule has 0 aromatic heterocycles. The number of allylic oxidation sites excluding steroid dienone is 1. The average molecular weight is 393 g/mol. The fourth-order valence-corrected chi connectivity index (χ4v) is 3.80. The first-order valence-electron chi connectivity index (χ1n) is 10.3. The van der Waals surface area contributed by atoms with E-state index in [1.54, 1.807) is 25.3 Å². The highest BCUT2D eigenvalue weighted by Gasteiger charge is 2.27. The van der Waals surface area contributed by atoms with Crippen LogP contribution in [-0.4, -0.2) is 44.0 Å². The molecule has 4 rings (SSSR count). The minimum absolute atomic E-state index is 0.112. The molecule has 1 saturated heterocycles. The zero-order chi connectivity index (χ0) is 20.1. The topological polar surface area (TPSA) is 48.0 Å². The van der Waals surface area contributed by atoms with Crippen molar-refractivity contribution in [3.63, 3.8) is 0 Å². The van der Waals surface area contributed by atoms with E-state index in [-0.39, 0.29) is 5.78 Å². The van der Waals surface area contributed by atoms with E-state index < -0.39 is 0 Å². The number of benzene rings is 2. The summed E-state index contributed by atoms with van der Waals surface area (Å²) in [6.45, 7) is 4.15. The first-order valence-corrected chi connectivity index (χ1v) is 10.3. The van der Waals surface area contributed by atoms with E-state index >= 15 is 0 Å². The van der Waals surface area contributed by atoms with E-state index in [4.69, 9.17) is 14.2 Å². The van der Waals surface area contributed by atoms with Crippen LogP contribution in [0, 0.1) is 0 Å². The number of piperidine rings is 1. The molecule has 29 heavy (non-hydrogen) atoms. The summed E-state index contributed by atoms with van der Waals surface area (Å²) in [5.41, 5.74) is 1.43. The van der Waals surface area contributed by atoms with Crippen molar-refractivity contribution in [2.24, 2.45) is 0 Å². The first kappa shape index (κ1) is 19.5. The van der Waals surface area contributed by atoms with Gasteiger partial charge in [-0.2, -0.15) is 0 Å². The van der Waals surface area contributed by atoms with Crippen LogP contribution in [0.25, 0.3) is 6.08 Å². The molecule has 0 atom stereocenters. The fraction of sp³-hybridized carbons (Fsp3) is 0.375. The molecule has 2 aliphatic rings. The van der Waals surface area contributed by atoms with Crippen molar-refractivity contribution in [2.75, 3.05) is 33.4 Å². The van der Waals surface area contributed by atoms with Crippen LogP contribution in [0.4, 0.5) is 0 Å². The molecule has 0 bridgehead atoms. The zero-order valence-corrected chi connectivity index (χ0v) is 16.9. The number of ketones is 1. The molecule has 1 fully saturated rings. The number of rotatable bonds is 7. The smallest absolute Gasteiger partial charge is 0.231 e. The Balaban J connectivity index is 1.36. The Morgan fingerprint density at radius 2 is 1.93 bits per heavy atom. The van der Waals surface area contributed by atoms with Gasteiger partial charge in [0.05, 0.1) is 19.3 Å². The van der Waals surface area contributed by atoms with Gasteiger partial charge in [-0.3, -0.25) is 4.79 Å². The van der Waals surface area contributed by atoms with E-state index in [9.17, 15) is 4.79 Å². The third-order valence-electron chi connectivity index (χ3n) is 5.37. The van der Waals surface area contributed by atoms with Crippen molar-refractivity contribution in [1.29, 1.82) is 0 Å². The normalized spacial score (nSPS) is 17.8. The van der Waals surface area contributed by atoms with E-state index in [2.05, 4.69) is 4.90 Å². The van der Waals surface area contributed by atoms with E-state index in [1.807, 2.05) is 30.3 Å². The summed E-state index contributed by atoms with van der Waals surface area (Å²) in [7, 11) is 1.62. The van der Waals surface area contributed by atoms with Gasteiger partial charge in [0.1, 0.15) is 17.2 Å². The molecule has 0 amide bonds. The largest absolute Gasteiger partial charge is 0.497 e. The third kappa shape index (κ3) is 4.80. The zero-order valence-electron chi connectivity index (χ0n) is 16.9. The predicted molar refractivity (Wildman–Crippen MR) is 113 cm³/mol. The number of fused-ring (bicyclic) bond motifs is 1. The van der Waals surface area contributed by atoms with Gasteiger partial charge in [0.2, 0.25) is 5.78 Å². The van der Waals surface area contributed by atoms with Gasteiger partial charge in [-0.05, 0) is 68.3 Å². The summed E-state index contributed by atoms with van der Waals surface area (Å²) >= 11 is 0. The fourth-order valence-electron chi connectivity index (χ4n) is 3.80. The number of methoxy groups -OCH3 is 1. The number of hydrogen-bond donors (Lipinski definition) is 0. The van der Waals surface area contributed by atoms with Crippen LogP contribution in [0.2, 0.25) is 0 Å². The molecule has 5 heteroatoms. The van der Waals surface area contributed by atoms with Crippen LogP contribution < -0.4 is 14.2 Å². The number of hydrogen-bond acceptors (Lipinski definition) is 5. The average Bonchev–Trinajstić information content (AvgIpc) is 3.07. The lowest BCUT2D eigenvalue weighted by Gasteiger charge is -2.26. The van der Waals surface area contributed by atoms with Crippen molar-refractivity contribution < 1.29 is 19.0 Å². The third-order valence-corrected chi connectivity index (χ3v) is 5.37. The lowest BCUT2D eigenvalue weighted by atomic mass is 10.1. The number of ether oxygens (including phenoxy) is 3. The standard InChI is InChI=1S/C24H27NO4/c1-27-19-8-5-7-18(15-19)16-23-24(26)21-10-9-20(17-22(21)29-23)28-14-6-13-25-11-3-2-4-12-25/h5,7-10,15-17H,2-4,6,11-14H2,1H3/b23-16+. The van der Waals surface area contributed by atoms with Gasteiger partial charge >= 0.3 is 0 Å². The Bertz CT molecular complexity index is 900. The highest BCUT2D eigenvalue weighted by atomic mass is 16.5. The highest BCUT2D eigenvalue weighted by Crippen LogP contribution is 2.35. The SMILES string of the molecule is COc1cccc(/C=C2/Oc3cc(OCCCN4CCCCC4)ccc3C2=O)c1. The summed E-state index contributed by atoms with van der Waals surface area (Å²) in [5, 5.41) is 0. The first-order chi connectivity index (χ1) is 14.2. The maximum atomic E-state index is 12.6. The van der Waals surface area contributed by atoms with Crippen molar-refractivity contribution >= 4 is 11.9 Å². The molecule has 152 valence electrons. The molecule has 0 radical (unpaired) electrons. The van der Waals surface area contributed by atoms with Gasteiger partial charge in [-0.15, -0.1) is 0 Å². The summed E-state index contributed by atoms with van der Waals surface area (Å²) in [5.74, 6) is 2.23. The Morgan fingerprint density at radius 3 is 2.76 bits per heavy atom. The van der Waals surface area contributed by atoms with E-state index in [0.29, 0.717) is 23.7 Å². The van der Waals surface area contributed by atoms with Crippen LogP contribution in [0.15, 0.2) is 48.2 Å². The second-order valence-corrected chi connectivity index (χ2v) is 7.48. The number of likely N-dealkylation sites (tertiary alicyclic amines) is 1. The number of carbonyl (C=O) groups excluding carboxylic acids is 1. The number of nitrogens with zero attached hydrogens (tertiary/aromatic N) is 1. The van der Waals surface area contributed by atoms with Crippen LogP contribution in [0.1, 0.15) is 41.6 Å². The van der Waals surface area contributed by atoms with Crippen molar-refractivity contribution in [2.45, 2.75) is 25.7 Å². The number of carbonyl (C=O) groups is 1. The second-order valence-electron chi connectivity index (χ2n) is 7.48. The lowest BCUT2D eigenvalue weighted by Crippen LogP contribution is -2.31. The monoisotopic (exact) mass is 393 g/mol. The summed E-state index contributed by atoms with van der Waals surface area (Å²) in [4.78, 5) is 15.1. The van der Waals surface area contributed by atoms with Crippen molar-refractivity contribution in [1.82, 2.24) is 4.90 Å². The highest BCUT2D eigenvalue weighted by molar-refractivity contribution is 6.14. The maximum absolute atomic E-state index is 12.6.